The molecule has 3 unspecified atom stereocenters. The molecule has 0 aromatic heterocycles. The lowest BCUT2D eigenvalue weighted by Crippen LogP contribution is -2.53. The molecule has 0 amide bonds. The number of ether oxygens (including phenoxy) is 1. The van der Waals surface area contributed by atoms with E-state index in [9.17, 15) is 14.7 Å². The molecule has 0 spiro atoms. The van der Waals surface area contributed by atoms with Crippen LogP contribution < -0.4 is 11.1 Å². The van der Waals surface area contributed by atoms with E-state index in [4.69, 9.17) is 10.5 Å². The number of esters is 1. The summed E-state index contributed by atoms with van der Waals surface area (Å²) in [6.45, 7) is 12.1. The van der Waals surface area contributed by atoms with Gasteiger partial charge in [0.1, 0.15) is 18.2 Å². The van der Waals surface area contributed by atoms with Crippen molar-refractivity contribution < 1.29 is 19.4 Å². The first-order valence-electron chi connectivity index (χ1n) is 7.18. The Balaban J connectivity index is 4.78. The number of carbonyl (C=O) groups excluding carboxylic acids is 2. The van der Waals surface area contributed by atoms with Crippen LogP contribution in [0, 0.1) is 5.41 Å². The third kappa shape index (κ3) is 7.02. The fraction of sp³-hybridized carbons (Fsp3) is 0.867. The quantitative estimate of drug-likeness (QED) is 0.621. The molecule has 0 aliphatic rings. The minimum Gasteiger partial charge on any atom is -0.457 e. The van der Waals surface area contributed by atoms with Gasteiger partial charge in [-0.3, -0.25) is 14.9 Å². The van der Waals surface area contributed by atoms with Gasteiger partial charge in [-0.25, -0.2) is 0 Å². The third-order valence-corrected chi connectivity index (χ3v) is 2.89. The average molecular weight is 302 g/mol. The zero-order valence-corrected chi connectivity index (χ0v) is 14.2. The first-order chi connectivity index (χ1) is 9.29. The molecule has 21 heavy (non-hydrogen) atoms. The van der Waals surface area contributed by atoms with Crippen LogP contribution >= 0.6 is 0 Å². The summed E-state index contributed by atoms with van der Waals surface area (Å²) in [4.78, 5) is 24.1. The van der Waals surface area contributed by atoms with Gasteiger partial charge in [0, 0.05) is 11.0 Å². The number of hydrogen-bond donors (Lipinski definition) is 3. The lowest BCUT2D eigenvalue weighted by atomic mass is 9.85. The van der Waals surface area contributed by atoms with E-state index in [0.717, 1.165) is 0 Å². The molecule has 4 N–H and O–H groups in total. The summed E-state index contributed by atoms with van der Waals surface area (Å²) in [5.41, 5.74) is 4.91. The van der Waals surface area contributed by atoms with Crippen molar-refractivity contribution in [1.29, 1.82) is 0 Å². The van der Waals surface area contributed by atoms with Gasteiger partial charge in [-0.15, -0.1) is 0 Å². The molecular formula is C15H30N2O4. The van der Waals surface area contributed by atoms with E-state index in [1.165, 1.54) is 0 Å². The number of nitrogens with two attached hydrogens (primary N) is 1. The molecule has 6 nitrogen and oxygen atoms in total. The van der Waals surface area contributed by atoms with Gasteiger partial charge in [0.2, 0.25) is 0 Å². The Morgan fingerprint density at radius 3 is 2.00 bits per heavy atom. The topological polar surface area (TPSA) is 102 Å². The Morgan fingerprint density at radius 1 is 1.19 bits per heavy atom. The summed E-state index contributed by atoms with van der Waals surface area (Å²) < 4.78 is 5.19. The van der Waals surface area contributed by atoms with Crippen LogP contribution in [0.5, 0.6) is 0 Å². The monoisotopic (exact) mass is 302 g/mol. The highest BCUT2D eigenvalue weighted by atomic mass is 16.6. The highest BCUT2D eigenvalue weighted by Gasteiger charge is 2.35. The maximum absolute atomic E-state index is 12.1. The van der Waals surface area contributed by atoms with Crippen LogP contribution in [-0.4, -0.2) is 47.2 Å². The molecule has 0 saturated carbocycles. The predicted octanol–water partition coefficient (Wildman–Crippen LogP) is 0.610. The number of Topliss-reactive ketones (excluding diaryl/α,β-unsaturated/α-hetero) is 1. The third-order valence-electron chi connectivity index (χ3n) is 2.89. The Hall–Kier alpha value is -0.980. The van der Waals surface area contributed by atoms with Crippen LogP contribution in [0.25, 0.3) is 0 Å². The average Bonchev–Trinajstić information content (AvgIpc) is 2.30. The van der Waals surface area contributed by atoms with E-state index in [0.29, 0.717) is 0 Å². The first-order valence-corrected chi connectivity index (χ1v) is 7.18. The van der Waals surface area contributed by atoms with Crippen molar-refractivity contribution in [3.8, 4) is 0 Å². The molecule has 6 heteroatoms. The zero-order valence-electron chi connectivity index (χ0n) is 14.2. The molecule has 0 heterocycles. The van der Waals surface area contributed by atoms with Crippen molar-refractivity contribution in [3.63, 3.8) is 0 Å². The van der Waals surface area contributed by atoms with E-state index in [1.54, 1.807) is 27.7 Å². The lowest BCUT2D eigenvalue weighted by Gasteiger charge is -2.29. The summed E-state index contributed by atoms with van der Waals surface area (Å²) >= 11 is 0. The minimum atomic E-state index is -1.04. The summed E-state index contributed by atoms with van der Waals surface area (Å²) in [5.74, 6) is -0.799. The standard InChI is InChI=1S/C15H30N2O4/c1-9(17-15(5,6)7)13(20)21-10(8-18)11(16)12(19)14(2,3)4/h9-11,17-18H,8,16H2,1-7H3. The van der Waals surface area contributed by atoms with Crippen LogP contribution in [0.1, 0.15) is 48.5 Å². The van der Waals surface area contributed by atoms with Crippen molar-refractivity contribution in [2.45, 2.75) is 72.2 Å². The highest BCUT2D eigenvalue weighted by Crippen LogP contribution is 2.18. The number of aliphatic hydroxyl groups excluding tert-OH is 1. The predicted molar refractivity (Wildman–Crippen MR) is 81.8 cm³/mol. The summed E-state index contributed by atoms with van der Waals surface area (Å²) in [6.07, 6.45) is -1.03. The normalized spacial score (nSPS) is 17.0. The van der Waals surface area contributed by atoms with Gasteiger partial charge < -0.3 is 15.6 Å². The molecule has 0 aliphatic heterocycles. The van der Waals surface area contributed by atoms with Gasteiger partial charge in [-0.2, -0.15) is 0 Å². The molecule has 0 bridgehead atoms. The Bertz CT molecular complexity index is 369. The first kappa shape index (κ1) is 20.0. The summed E-state index contributed by atoms with van der Waals surface area (Å²) in [5, 5.41) is 12.4. The number of rotatable bonds is 6. The van der Waals surface area contributed by atoms with Gasteiger partial charge >= 0.3 is 5.97 Å². The molecule has 124 valence electrons. The summed E-state index contributed by atoms with van der Waals surface area (Å²) in [7, 11) is 0. The number of ketones is 1. The fourth-order valence-corrected chi connectivity index (χ4v) is 1.85. The van der Waals surface area contributed by atoms with Crippen LogP contribution in [0.15, 0.2) is 0 Å². The van der Waals surface area contributed by atoms with Crippen molar-refractivity contribution >= 4 is 11.8 Å². The molecule has 0 rings (SSSR count). The Morgan fingerprint density at radius 2 is 1.67 bits per heavy atom. The van der Waals surface area contributed by atoms with E-state index < -0.39 is 36.2 Å². The van der Waals surface area contributed by atoms with Crippen molar-refractivity contribution in [2.24, 2.45) is 11.1 Å². The minimum absolute atomic E-state index is 0.253. The number of hydrogen-bond acceptors (Lipinski definition) is 6. The van der Waals surface area contributed by atoms with Crippen LogP contribution in [-0.2, 0) is 14.3 Å². The van der Waals surface area contributed by atoms with Crippen LogP contribution in [0.4, 0.5) is 0 Å². The molecule has 0 fully saturated rings. The second kappa shape index (κ2) is 7.33. The van der Waals surface area contributed by atoms with E-state index in [1.807, 2.05) is 20.8 Å². The Labute approximate surface area is 127 Å². The van der Waals surface area contributed by atoms with Crippen molar-refractivity contribution in [2.75, 3.05) is 6.61 Å². The smallest absolute Gasteiger partial charge is 0.323 e. The molecule has 0 saturated heterocycles. The Kier molecular flexibility index (Phi) is 6.99. The highest BCUT2D eigenvalue weighted by molar-refractivity contribution is 5.89. The zero-order chi connectivity index (χ0) is 17.0. The van der Waals surface area contributed by atoms with E-state index >= 15 is 0 Å². The molecule has 3 atom stereocenters. The number of nitrogens with one attached hydrogen (secondary N) is 1. The van der Waals surface area contributed by atoms with Gasteiger partial charge in [0.05, 0.1) is 6.61 Å². The summed E-state index contributed by atoms with van der Waals surface area (Å²) in [6, 6.07) is -1.60. The molecular weight excluding hydrogens is 272 g/mol. The second-order valence-electron chi connectivity index (χ2n) is 7.41. The van der Waals surface area contributed by atoms with Crippen molar-refractivity contribution in [1.82, 2.24) is 5.32 Å². The van der Waals surface area contributed by atoms with Gasteiger partial charge in [0.25, 0.3) is 0 Å². The van der Waals surface area contributed by atoms with Crippen LogP contribution in [0.3, 0.4) is 0 Å². The van der Waals surface area contributed by atoms with Crippen molar-refractivity contribution in [3.05, 3.63) is 0 Å². The fourth-order valence-electron chi connectivity index (χ4n) is 1.85. The maximum Gasteiger partial charge on any atom is 0.323 e. The largest absolute Gasteiger partial charge is 0.457 e. The molecule has 0 radical (unpaired) electrons. The van der Waals surface area contributed by atoms with Crippen LogP contribution in [0.2, 0.25) is 0 Å². The lowest BCUT2D eigenvalue weighted by molar-refractivity contribution is -0.157. The number of aliphatic hydroxyl groups is 1. The maximum atomic E-state index is 12.1. The van der Waals surface area contributed by atoms with E-state index in [-0.39, 0.29) is 11.3 Å². The SMILES string of the molecule is CC(NC(C)(C)C)C(=O)OC(CO)C(N)C(=O)C(C)(C)C. The second-order valence-corrected chi connectivity index (χ2v) is 7.41. The van der Waals surface area contributed by atoms with Gasteiger partial charge in [0.15, 0.2) is 5.78 Å². The van der Waals surface area contributed by atoms with E-state index in [2.05, 4.69) is 5.32 Å². The molecule has 0 aromatic rings. The van der Waals surface area contributed by atoms with Gasteiger partial charge in [-0.1, -0.05) is 20.8 Å². The van der Waals surface area contributed by atoms with Gasteiger partial charge in [-0.05, 0) is 27.7 Å². The molecule has 0 aliphatic carbocycles. The molecule has 0 aromatic carbocycles. The number of carbonyl (C=O) groups is 2.